The molecule has 0 saturated heterocycles. The van der Waals surface area contributed by atoms with Crippen LogP contribution in [0.2, 0.25) is 0 Å². The fraction of sp³-hybridized carbons (Fsp3) is 0.250. The van der Waals surface area contributed by atoms with Gasteiger partial charge in [-0.25, -0.2) is 9.78 Å². The highest BCUT2D eigenvalue weighted by molar-refractivity contribution is 7.18. The second-order valence-electron chi connectivity index (χ2n) is 3.87. The average Bonchev–Trinajstić information content (AvgIpc) is 2.69. The Morgan fingerprint density at radius 2 is 2.17 bits per heavy atom. The summed E-state index contributed by atoms with van der Waals surface area (Å²) in [6, 6.07) is 6.68. The van der Waals surface area contributed by atoms with Gasteiger partial charge in [-0.15, -0.1) is 11.3 Å². The number of para-hydroxylation sites is 1. The molecule has 0 aliphatic heterocycles. The molecular formula is C12H12N2O3S. The molecule has 0 aliphatic carbocycles. The van der Waals surface area contributed by atoms with Gasteiger partial charge in [-0.2, -0.15) is 0 Å². The average molecular weight is 264 g/mol. The number of carboxylic acids is 1. The van der Waals surface area contributed by atoms with E-state index >= 15 is 0 Å². The van der Waals surface area contributed by atoms with Crippen LogP contribution in [0.15, 0.2) is 24.3 Å². The zero-order chi connectivity index (χ0) is 13.1. The quantitative estimate of drug-likeness (QED) is 0.875. The zero-order valence-electron chi connectivity index (χ0n) is 9.71. The molecule has 1 amide bonds. The van der Waals surface area contributed by atoms with Crippen molar-refractivity contribution in [3.8, 4) is 0 Å². The molecule has 5 nitrogen and oxygen atoms in total. The van der Waals surface area contributed by atoms with E-state index in [0.717, 1.165) is 10.2 Å². The summed E-state index contributed by atoms with van der Waals surface area (Å²) in [6.07, 6.45) is 0.203. The van der Waals surface area contributed by atoms with Crippen LogP contribution in [0, 0.1) is 0 Å². The third-order valence-electron chi connectivity index (χ3n) is 2.39. The molecule has 18 heavy (non-hydrogen) atoms. The van der Waals surface area contributed by atoms with Gasteiger partial charge in [0.15, 0.2) is 0 Å². The van der Waals surface area contributed by atoms with Gasteiger partial charge in [0.2, 0.25) is 5.91 Å². The number of nitrogens with one attached hydrogen (secondary N) is 1. The van der Waals surface area contributed by atoms with E-state index in [1.165, 1.54) is 18.3 Å². The third kappa shape index (κ3) is 2.84. The van der Waals surface area contributed by atoms with Crippen LogP contribution >= 0.6 is 11.3 Å². The highest BCUT2D eigenvalue weighted by atomic mass is 32.1. The number of nitrogens with zero attached hydrogens (tertiary/aromatic N) is 1. The smallest absolute Gasteiger partial charge is 0.326 e. The molecule has 2 rings (SSSR count). The Kier molecular flexibility index (Phi) is 3.57. The molecule has 0 spiro atoms. The van der Waals surface area contributed by atoms with Crippen LogP contribution in [-0.2, 0) is 16.0 Å². The van der Waals surface area contributed by atoms with Crippen molar-refractivity contribution in [3.05, 3.63) is 29.3 Å². The number of rotatable bonds is 4. The molecule has 1 atom stereocenters. The van der Waals surface area contributed by atoms with E-state index < -0.39 is 12.0 Å². The van der Waals surface area contributed by atoms with Gasteiger partial charge in [0, 0.05) is 13.3 Å². The highest BCUT2D eigenvalue weighted by Gasteiger charge is 2.20. The minimum absolute atomic E-state index is 0.203. The van der Waals surface area contributed by atoms with E-state index in [1.54, 1.807) is 0 Å². The third-order valence-corrected chi connectivity index (χ3v) is 3.45. The van der Waals surface area contributed by atoms with Crippen LogP contribution < -0.4 is 5.32 Å². The lowest BCUT2D eigenvalue weighted by molar-refractivity contribution is -0.141. The van der Waals surface area contributed by atoms with Gasteiger partial charge in [0.05, 0.1) is 15.2 Å². The van der Waals surface area contributed by atoms with Crippen LogP contribution in [-0.4, -0.2) is 28.0 Å². The van der Waals surface area contributed by atoms with Gasteiger partial charge >= 0.3 is 5.97 Å². The van der Waals surface area contributed by atoms with Crippen LogP contribution in [0.3, 0.4) is 0 Å². The standard InChI is InChI=1S/C12H12N2O3S/c1-7(15)13-9(12(16)17)6-11-14-8-4-2-3-5-10(8)18-11/h2-5,9H,6H2,1H3,(H,13,15)(H,16,17). The molecule has 0 fully saturated rings. The van der Waals surface area contributed by atoms with Crippen molar-refractivity contribution in [2.45, 2.75) is 19.4 Å². The zero-order valence-corrected chi connectivity index (χ0v) is 10.5. The summed E-state index contributed by atoms with van der Waals surface area (Å²) in [7, 11) is 0. The highest BCUT2D eigenvalue weighted by Crippen LogP contribution is 2.22. The van der Waals surface area contributed by atoms with E-state index in [9.17, 15) is 9.59 Å². The van der Waals surface area contributed by atoms with E-state index in [0.29, 0.717) is 5.01 Å². The summed E-state index contributed by atoms with van der Waals surface area (Å²) in [5, 5.41) is 12.1. The first-order chi connectivity index (χ1) is 8.56. The molecular weight excluding hydrogens is 252 g/mol. The number of hydrogen-bond donors (Lipinski definition) is 2. The summed E-state index contributed by atoms with van der Waals surface area (Å²) >= 11 is 1.44. The Bertz CT molecular complexity index is 561. The predicted octanol–water partition coefficient (Wildman–Crippen LogP) is 1.43. The summed E-state index contributed by atoms with van der Waals surface area (Å²) in [6.45, 7) is 1.30. The molecule has 0 aliphatic rings. The summed E-state index contributed by atoms with van der Waals surface area (Å²) < 4.78 is 1.01. The number of hydrogen-bond acceptors (Lipinski definition) is 4. The van der Waals surface area contributed by atoms with E-state index in [4.69, 9.17) is 5.11 Å². The van der Waals surface area contributed by atoms with Gasteiger partial charge in [-0.1, -0.05) is 12.1 Å². The first kappa shape index (κ1) is 12.5. The normalized spacial score (nSPS) is 12.3. The predicted molar refractivity (Wildman–Crippen MR) is 68.6 cm³/mol. The van der Waals surface area contributed by atoms with Crippen molar-refractivity contribution in [2.75, 3.05) is 0 Å². The lowest BCUT2D eigenvalue weighted by Crippen LogP contribution is -2.41. The molecule has 1 aromatic heterocycles. The van der Waals surface area contributed by atoms with Gasteiger partial charge < -0.3 is 10.4 Å². The number of aromatic nitrogens is 1. The van der Waals surface area contributed by atoms with Crippen molar-refractivity contribution < 1.29 is 14.7 Å². The Hall–Kier alpha value is -1.95. The molecule has 0 bridgehead atoms. The first-order valence-corrected chi connectivity index (χ1v) is 6.22. The maximum Gasteiger partial charge on any atom is 0.326 e. The molecule has 0 saturated carbocycles. The molecule has 0 radical (unpaired) electrons. The molecule has 1 aromatic carbocycles. The lowest BCUT2D eigenvalue weighted by atomic mass is 10.2. The number of carbonyl (C=O) groups is 2. The summed E-state index contributed by atoms with van der Waals surface area (Å²) in [5.74, 6) is -1.41. The minimum Gasteiger partial charge on any atom is -0.480 e. The second kappa shape index (κ2) is 5.14. The number of amides is 1. The van der Waals surface area contributed by atoms with Gasteiger partial charge in [-0.05, 0) is 12.1 Å². The van der Waals surface area contributed by atoms with Gasteiger partial charge in [0.25, 0.3) is 0 Å². The van der Waals surface area contributed by atoms with Crippen LogP contribution in [0.4, 0.5) is 0 Å². The fourth-order valence-electron chi connectivity index (χ4n) is 1.63. The van der Waals surface area contributed by atoms with Gasteiger partial charge in [0.1, 0.15) is 6.04 Å². The maximum atomic E-state index is 11.0. The number of aliphatic carboxylic acids is 1. The number of fused-ring (bicyclic) bond motifs is 1. The Balaban J connectivity index is 2.20. The van der Waals surface area contributed by atoms with Crippen molar-refractivity contribution in [2.24, 2.45) is 0 Å². The summed E-state index contributed by atoms with van der Waals surface area (Å²) in [4.78, 5) is 26.3. The van der Waals surface area contributed by atoms with Crippen LogP contribution in [0.1, 0.15) is 11.9 Å². The van der Waals surface area contributed by atoms with Crippen LogP contribution in [0.5, 0.6) is 0 Å². The van der Waals surface area contributed by atoms with Crippen LogP contribution in [0.25, 0.3) is 10.2 Å². The molecule has 1 heterocycles. The second-order valence-corrected chi connectivity index (χ2v) is 4.99. The molecule has 6 heteroatoms. The maximum absolute atomic E-state index is 11.0. The Morgan fingerprint density at radius 3 is 2.78 bits per heavy atom. The Labute approximate surface area is 107 Å². The molecule has 94 valence electrons. The fourth-order valence-corrected chi connectivity index (χ4v) is 2.64. The van der Waals surface area contributed by atoms with Crippen molar-refractivity contribution in [1.29, 1.82) is 0 Å². The molecule has 1 unspecified atom stereocenters. The number of carbonyl (C=O) groups excluding carboxylic acids is 1. The Morgan fingerprint density at radius 1 is 1.44 bits per heavy atom. The SMILES string of the molecule is CC(=O)NC(Cc1nc2ccccc2s1)C(=O)O. The van der Waals surface area contributed by atoms with Crippen molar-refractivity contribution in [1.82, 2.24) is 10.3 Å². The first-order valence-electron chi connectivity index (χ1n) is 5.40. The van der Waals surface area contributed by atoms with E-state index in [-0.39, 0.29) is 12.3 Å². The molecule has 2 N–H and O–H groups in total. The number of benzene rings is 1. The monoisotopic (exact) mass is 264 g/mol. The largest absolute Gasteiger partial charge is 0.480 e. The lowest BCUT2D eigenvalue weighted by Gasteiger charge is -2.10. The number of carboxylic acid groups (broad SMARTS) is 1. The summed E-state index contributed by atoms with van der Waals surface area (Å²) in [5.41, 5.74) is 0.851. The minimum atomic E-state index is -1.05. The van der Waals surface area contributed by atoms with Gasteiger partial charge in [-0.3, -0.25) is 4.79 Å². The topological polar surface area (TPSA) is 79.3 Å². The van der Waals surface area contributed by atoms with Crippen molar-refractivity contribution >= 4 is 33.4 Å². The van der Waals surface area contributed by atoms with E-state index in [1.807, 2.05) is 24.3 Å². The number of thiazole rings is 1. The van der Waals surface area contributed by atoms with E-state index in [2.05, 4.69) is 10.3 Å². The molecule has 2 aromatic rings. The van der Waals surface area contributed by atoms with Crippen molar-refractivity contribution in [3.63, 3.8) is 0 Å².